The van der Waals surface area contributed by atoms with Crippen molar-refractivity contribution >= 4 is 12.0 Å². The van der Waals surface area contributed by atoms with Gasteiger partial charge in [0.25, 0.3) is 0 Å². The van der Waals surface area contributed by atoms with E-state index in [1.54, 1.807) is 6.92 Å². The molecule has 0 aromatic rings. The van der Waals surface area contributed by atoms with E-state index in [0.717, 1.165) is 0 Å². The van der Waals surface area contributed by atoms with Gasteiger partial charge in [-0.1, -0.05) is 13.3 Å². The first-order chi connectivity index (χ1) is 7.76. The largest absolute Gasteiger partial charge is 0.480 e. The maximum Gasteiger partial charge on any atom is 0.390 e. The third-order valence-electron chi connectivity index (χ3n) is 1.87. The van der Waals surface area contributed by atoms with Crippen LogP contribution in [0.15, 0.2) is 0 Å². The first-order valence-corrected chi connectivity index (χ1v) is 5.10. The van der Waals surface area contributed by atoms with E-state index in [-0.39, 0.29) is 6.42 Å². The molecule has 0 fully saturated rings. The summed E-state index contributed by atoms with van der Waals surface area (Å²) in [5, 5.41) is 12.7. The third kappa shape index (κ3) is 8.35. The van der Waals surface area contributed by atoms with Crippen LogP contribution in [0, 0.1) is 0 Å². The molecule has 0 spiro atoms. The van der Waals surface area contributed by atoms with Gasteiger partial charge in [-0.3, -0.25) is 0 Å². The van der Waals surface area contributed by atoms with Crippen LogP contribution in [0.3, 0.4) is 0 Å². The lowest BCUT2D eigenvalue weighted by atomic mass is 10.2. The Balaban J connectivity index is 3.95. The van der Waals surface area contributed by atoms with Crippen molar-refractivity contribution in [3.05, 3.63) is 0 Å². The van der Waals surface area contributed by atoms with E-state index in [0.29, 0.717) is 6.42 Å². The van der Waals surface area contributed by atoms with Gasteiger partial charge in [-0.25, -0.2) is 9.59 Å². The van der Waals surface area contributed by atoms with Gasteiger partial charge in [-0.05, 0) is 6.42 Å². The number of alkyl halides is 3. The minimum atomic E-state index is -4.34. The number of carboxylic acids is 1. The van der Waals surface area contributed by atoms with Crippen LogP contribution in [-0.2, 0) is 4.79 Å². The molecular weight excluding hydrogens is 241 g/mol. The molecule has 2 amide bonds. The fraction of sp³-hybridized carbons (Fsp3) is 0.778. The van der Waals surface area contributed by atoms with Gasteiger partial charge < -0.3 is 15.7 Å². The molecule has 5 nitrogen and oxygen atoms in total. The minimum Gasteiger partial charge on any atom is -0.480 e. The van der Waals surface area contributed by atoms with Gasteiger partial charge in [0, 0.05) is 6.54 Å². The van der Waals surface area contributed by atoms with Crippen LogP contribution in [0.1, 0.15) is 26.2 Å². The predicted octanol–water partition coefficient (Wildman–Crippen LogP) is 1.49. The number of carbonyl (C=O) groups excluding carboxylic acids is 1. The number of hydrogen-bond acceptors (Lipinski definition) is 2. The second kappa shape index (κ2) is 6.97. The highest BCUT2D eigenvalue weighted by atomic mass is 19.4. The molecule has 100 valence electrons. The number of aliphatic carboxylic acids is 1. The number of hydrogen-bond donors (Lipinski definition) is 3. The fourth-order valence-corrected chi connectivity index (χ4v) is 1.07. The van der Waals surface area contributed by atoms with E-state index in [4.69, 9.17) is 5.11 Å². The van der Waals surface area contributed by atoms with Crippen molar-refractivity contribution in [3.63, 3.8) is 0 Å². The molecule has 0 rings (SSSR count). The molecule has 0 aromatic carbocycles. The SMILES string of the molecule is CCC[C@H](NC(=O)NCCC(F)(F)F)C(=O)O. The molecule has 0 saturated heterocycles. The van der Waals surface area contributed by atoms with Gasteiger partial charge in [-0.2, -0.15) is 13.2 Å². The molecule has 17 heavy (non-hydrogen) atoms. The summed E-state index contributed by atoms with van der Waals surface area (Å²) in [5.74, 6) is -1.21. The lowest BCUT2D eigenvalue weighted by Gasteiger charge is -2.14. The molecule has 1 atom stereocenters. The lowest BCUT2D eigenvalue weighted by Crippen LogP contribution is -2.46. The van der Waals surface area contributed by atoms with Crippen LogP contribution in [-0.4, -0.2) is 35.9 Å². The highest BCUT2D eigenvalue weighted by molar-refractivity contribution is 5.82. The molecule has 0 saturated carbocycles. The number of halogens is 3. The first kappa shape index (κ1) is 15.5. The highest BCUT2D eigenvalue weighted by Gasteiger charge is 2.27. The smallest absolute Gasteiger partial charge is 0.390 e. The molecule has 0 aliphatic rings. The number of urea groups is 1. The Bertz CT molecular complexity index is 269. The van der Waals surface area contributed by atoms with Crippen molar-refractivity contribution in [2.75, 3.05) is 6.54 Å². The summed E-state index contributed by atoms with van der Waals surface area (Å²) >= 11 is 0. The van der Waals surface area contributed by atoms with Gasteiger partial charge in [-0.15, -0.1) is 0 Å². The Kier molecular flexibility index (Phi) is 6.37. The van der Waals surface area contributed by atoms with Crippen molar-refractivity contribution in [2.24, 2.45) is 0 Å². The Morgan fingerprint density at radius 2 is 1.94 bits per heavy atom. The monoisotopic (exact) mass is 256 g/mol. The number of nitrogens with one attached hydrogen (secondary N) is 2. The van der Waals surface area contributed by atoms with Gasteiger partial charge in [0.1, 0.15) is 6.04 Å². The summed E-state index contributed by atoms with van der Waals surface area (Å²) in [7, 11) is 0. The number of rotatable bonds is 6. The summed E-state index contributed by atoms with van der Waals surface area (Å²) in [6, 6.07) is -1.99. The Hall–Kier alpha value is -1.47. The molecule has 0 radical (unpaired) electrons. The molecule has 0 aliphatic heterocycles. The standard InChI is InChI=1S/C9H15F3N2O3/c1-2-3-6(7(15)16)14-8(17)13-5-4-9(10,11)12/h6H,2-5H2,1H3,(H,15,16)(H2,13,14,17)/t6-/m0/s1. The summed E-state index contributed by atoms with van der Waals surface area (Å²) in [4.78, 5) is 21.7. The van der Waals surface area contributed by atoms with E-state index in [2.05, 4.69) is 5.32 Å². The maximum absolute atomic E-state index is 11.8. The predicted molar refractivity (Wildman–Crippen MR) is 53.5 cm³/mol. The van der Waals surface area contributed by atoms with Crippen molar-refractivity contribution in [3.8, 4) is 0 Å². The Labute approximate surface area is 96.4 Å². The third-order valence-corrected chi connectivity index (χ3v) is 1.87. The zero-order valence-electron chi connectivity index (χ0n) is 9.30. The quantitative estimate of drug-likeness (QED) is 0.673. The van der Waals surface area contributed by atoms with Crippen LogP contribution in [0.4, 0.5) is 18.0 Å². The minimum absolute atomic E-state index is 0.224. The van der Waals surface area contributed by atoms with Crippen LogP contribution < -0.4 is 10.6 Å². The zero-order valence-corrected chi connectivity index (χ0v) is 9.30. The van der Waals surface area contributed by atoms with Gasteiger partial charge in [0.2, 0.25) is 0 Å². The second-order valence-electron chi connectivity index (χ2n) is 3.44. The highest BCUT2D eigenvalue weighted by Crippen LogP contribution is 2.17. The zero-order chi connectivity index (χ0) is 13.5. The van der Waals surface area contributed by atoms with Gasteiger partial charge >= 0.3 is 18.2 Å². The fourth-order valence-electron chi connectivity index (χ4n) is 1.07. The number of carboxylic acid groups (broad SMARTS) is 1. The average molecular weight is 256 g/mol. The normalized spacial score (nSPS) is 12.9. The molecule has 0 aliphatic carbocycles. The summed E-state index contributed by atoms with van der Waals surface area (Å²) in [5.41, 5.74) is 0. The van der Waals surface area contributed by atoms with Crippen LogP contribution in [0.2, 0.25) is 0 Å². The molecular formula is C9H15F3N2O3. The summed E-state index contributed by atoms with van der Waals surface area (Å²) < 4.78 is 35.3. The average Bonchev–Trinajstić information content (AvgIpc) is 2.14. The molecule has 3 N–H and O–H groups in total. The van der Waals surface area contributed by atoms with E-state index in [1.165, 1.54) is 0 Å². The second-order valence-corrected chi connectivity index (χ2v) is 3.44. The summed E-state index contributed by atoms with van der Waals surface area (Å²) in [6.45, 7) is 1.16. The van der Waals surface area contributed by atoms with Gasteiger partial charge in [0.15, 0.2) is 0 Å². The first-order valence-electron chi connectivity index (χ1n) is 5.10. The lowest BCUT2D eigenvalue weighted by molar-refractivity contribution is -0.139. The van der Waals surface area contributed by atoms with Crippen molar-refractivity contribution in [2.45, 2.75) is 38.4 Å². The van der Waals surface area contributed by atoms with Crippen molar-refractivity contribution in [1.29, 1.82) is 0 Å². The van der Waals surface area contributed by atoms with Gasteiger partial charge in [0.05, 0.1) is 6.42 Å². The molecule has 0 aromatic heterocycles. The van der Waals surface area contributed by atoms with E-state index >= 15 is 0 Å². The van der Waals surface area contributed by atoms with E-state index < -0.39 is 37.2 Å². The Morgan fingerprint density at radius 3 is 2.35 bits per heavy atom. The number of carbonyl (C=O) groups is 2. The van der Waals surface area contributed by atoms with Crippen LogP contribution in [0.5, 0.6) is 0 Å². The Morgan fingerprint density at radius 1 is 1.35 bits per heavy atom. The molecule has 0 unspecified atom stereocenters. The molecule has 0 heterocycles. The van der Waals surface area contributed by atoms with E-state index in [1.807, 2.05) is 5.32 Å². The van der Waals surface area contributed by atoms with E-state index in [9.17, 15) is 22.8 Å². The molecule has 8 heteroatoms. The summed E-state index contributed by atoms with van der Waals surface area (Å²) in [6.07, 6.45) is -4.73. The maximum atomic E-state index is 11.8. The van der Waals surface area contributed by atoms with Crippen molar-refractivity contribution < 1.29 is 27.9 Å². The van der Waals surface area contributed by atoms with Crippen LogP contribution in [0.25, 0.3) is 0 Å². The number of amides is 2. The molecule has 0 bridgehead atoms. The van der Waals surface area contributed by atoms with Crippen LogP contribution >= 0.6 is 0 Å². The topological polar surface area (TPSA) is 78.4 Å². The van der Waals surface area contributed by atoms with Crippen molar-refractivity contribution in [1.82, 2.24) is 10.6 Å².